The highest BCUT2D eigenvalue weighted by Crippen LogP contribution is 2.41. The number of halogens is 6. The van der Waals surface area contributed by atoms with Gasteiger partial charge in [-0.3, -0.25) is 4.79 Å². The molecular formula is C42H25Cl6O4+. The molecule has 0 atom stereocenters. The first-order chi connectivity index (χ1) is 24.9. The van der Waals surface area contributed by atoms with Crippen LogP contribution in [0.2, 0.25) is 30.1 Å². The van der Waals surface area contributed by atoms with Crippen molar-refractivity contribution in [1.29, 1.82) is 0 Å². The molecule has 0 amide bonds. The van der Waals surface area contributed by atoms with Crippen LogP contribution >= 0.6 is 69.6 Å². The number of hydrogen-bond acceptors (Lipinski definition) is 3. The molecule has 7 rings (SSSR count). The van der Waals surface area contributed by atoms with Crippen molar-refractivity contribution in [2.75, 3.05) is 0 Å². The fourth-order valence-corrected chi connectivity index (χ4v) is 7.09. The van der Waals surface area contributed by atoms with Crippen LogP contribution in [0.1, 0.15) is 27.8 Å². The first-order valence-electron chi connectivity index (χ1n) is 15.8. The molecule has 10 heteroatoms. The maximum atomic E-state index is 13.7. The van der Waals surface area contributed by atoms with Gasteiger partial charge >= 0.3 is 11.5 Å². The average molecular weight is 806 g/mol. The number of rotatable bonds is 6. The van der Waals surface area contributed by atoms with Crippen molar-refractivity contribution >= 4 is 93.0 Å². The highest BCUT2D eigenvalue weighted by molar-refractivity contribution is 6.49. The molecule has 0 saturated carbocycles. The van der Waals surface area contributed by atoms with Crippen molar-refractivity contribution in [2.45, 2.75) is 13.8 Å². The van der Waals surface area contributed by atoms with Crippen molar-refractivity contribution in [3.05, 3.63) is 184 Å². The molecule has 4 aromatic carbocycles. The first kappa shape index (κ1) is 36.1. The van der Waals surface area contributed by atoms with E-state index in [1.165, 1.54) is 0 Å². The standard InChI is InChI=1S/C42H24Cl6O4/c1-21-7-3-5-9-27(21)37-15-23(13-35(51-37)25-17-31(43)39(47)32(44)18-25)11-29-41(49)30(42(29)50)12-24-14-36(26-19-33(45)40(48)34(46)20-26)52-38(16-24)28-10-6-4-8-22(28)2/h3-20H,1-2H3/p+1. The third kappa shape index (κ3) is 7.08. The molecule has 2 aliphatic rings. The van der Waals surface area contributed by atoms with Gasteiger partial charge in [0.1, 0.15) is 17.3 Å². The number of hydrogen-bond donors (Lipinski definition) is 1. The minimum absolute atomic E-state index is 0.141. The number of benzene rings is 4. The van der Waals surface area contributed by atoms with Crippen LogP contribution in [-0.2, 0) is 9.53 Å². The number of Topliss-reactive ketones (excluding diaryl/α,β-unsaturated/α-hetero) is 1. The molecule has 4 nitrogen and oxygen atoms in total. The Hall–Kier alpha value is -4.26. The van der Waals surface area contributed by atoms with E-state index in [1.807, 2.05) is 74.5 Å². The van der Waals surface area contributed by atoms with Gasteiger partial charge in [-0.05, 0) is 90.7 Å². The predicted molar refractivity (Wildman–Crippen MR) is 214 cm³/mol. The molecule has 0 radical (unpaired) electrons. The SMILES string of the molecule is Cc1ccccc1C1=CC(=CC2=C(O)C(=Cc3cc(-c4cc(Cl)c(Cl)c(Cl)c4)[o+]c(-c4ccccc4C)c3)C2=O)C=C(c2cc(Cl)c(Cl)c(Cl)c2)O1. The Kier molecular flexibility index (Phi) is 10.2. The molecule has 258 valence electrons. The summed E-state index contributed by atoms with van der Waals surface area (Å²) in [5.74, 6) is 1.45. The van der Waals surface area contributed by atoms with Crippen molar-refractivity contribution < 1.29 is 19.1 Å². The topological polar surface area (TPSA) is 57.8 Å². The molecule has 0 spiro atoms. The second kappa shape index (κ2) is 14.6. The number of allylic oxidation sites excluding steroid dienone is 6. The van der Waals surface area contributed by atoms with Gasteiger partial charge in [-0.25, -0.2) is 4.42 Å². The summed E-state index contributed by atoms with van der Waals surface area (Å²) < 4.78 is 12.7. The van der Waals surface area contributed by atoms with Crippen LogP contribution in [0, 0.1) is 13.8 Å². The maximum Gasteiger partial charge on any atom is 0.361 e. The molecule has 0 saturated heterocycles. The molecular weight excluding hydrogens is 781 g/mol. The summed E-state index contributed by atoms with van der Waals surface area (Å²) in [5, 5.41) is 12.8. The van der Waals surface area contributed by atoms with Crippen LogP contribution < -0.4 is 0 Å². The number of aliphatic hydroxyl groups excluding tert-OH is 1. The molecule has 1 aromatic heterocycles. The van der Waals surface area contributed by atoms with Crippen molar-refractivity contribution in [3.63, 3.8) is 0 Å². The number of ketones is 1. The third-order valence-corrected chi connectivity index (χ3v) is 11.0. The van der Waals surface area contributed by atoms with Gasteiger partial charge < -0.3 is 9.84 Å². The van der Waals surface area contributed by atoms with Crippen LogP contribution in [0.5, 0.6) is 0 Å². The van der Waals surface area contributed by atoms with Crippen molar-refractivity contribution in [3.8, 4) is 22.6 Å². The zero-order valence-electron chi connectivity index (χ0n) is 27.3. The molecule has 52 heavy (non-hydrogen) atoms. The van der Waals surface area contributed by atoms with Gasteiger partial charge in [0, 0.05) is 11.1 Å². The second-order valence-corrected chi connectivity index (χ2v) is 14.6. The average Bonchev–Trinajstić information content (AvgIpc) is 3.13. The Bertz CT molecular complexity index is 2460. The van der Waals surface area contributed by atoms with Crippen LogP contribution in [0.15, 0.2) is 130 Å². The van der Waals surface area contributed by atoms with Gasteiger partial charge in [0.15, 0.2) is 0 Å². The molecule has 0 bridgehead atoms. The predicted octanol–water partition coefficient (Wildman–Crippen LogP) is 14.2. The minimum atomic E-state index is -0.341. The first-order valence-corrected chi connectivity index (χ1v) is 18.1. The zero-order valence-corrected chi connectivity index (χ0v) is 31.9. The minimum Gasteiger partial charge on any atom is -0.506 e. The quantitative estimate of drug-likeness (QED) is 0.105. The van der Waals surface area contributed by atoms with E-state index in [2.05, 4.69) is 0 Å². The molecule has 5 aromatic rings. The second-order valence-electron chi connectivity index (χ2n) is 12.2. The smallest absolute Gasteiger partial charge is 0.361 e. The van der Waals surface area contributed by atoms with E-state index < -0.39 is 0 Å². The van der Waals surface area contributed by atoms with Crippen LogP contribution in [0.3, 0.4) is 0 Å². The molecule has 1 aliphatic heterocycles. The number of aryl methyl sites for hydroxylation is 2. The van der Waals surface area contributed by atoms with E-state index in [0.717, 1.165) is 22.3 Å². The Morgan fingerprint density at radius 2 is 1.15 bits per heavy atom. The summed E-state index contributed by atoms with van der Waals surface area (Å²) in [6.45, 7) is 3.95. The summed E-state index contributed by atoms with van der Waals surface area (Å²) in [7, 11) is 0. The largest absolute Gasteiger partial charge is 0.506 e. The lowest BCUT2D eigenvalue weighted by atomic mass is 9.85. The summed E-state index contributed by atoms with van der Waals surface area (Å²) in [4.78, 5) is 13.7. The van der Waals surface area contributed by atoms with E-state index in [-0.39, 0.29) is 52.8 Å². The van der Waals surface area contributed by atoms with E-state index in [9.17, 15) is 9.90 Å². The lowest BCUT2D eigenvalue weighted by molar-refractivity contribution is -0.113. The lowest BCUT2D eigenvalue weighted by Crippen LogP contribution is -2.21. The van der Waals surface area contributed by atoms with Crippen molar-refractivity contribution in [2.24, 2.45) is 0 Å². The normalized spacial score (nSPS) is 15.8. The lowest BCUT2D eigenvalue weighted by Gasteiger charge is -2.22. The fourth-order valence-electron chi connectivity index (χ4n) is 5.90. The molecule has 0 unspecified atom stereocenters. The third-order valence-electron chi connectivity index (χ3n) is 8.61. The number of carbonyl (C=O) groups excluding carboxylic acids is 1. The van der Waals surface area contributed by atoms with Gasteiger partial charge in [-0.1, -0.05) is 112 Å². The van der Waals surface area contributed by atoms with Crippen LogP contribution in [0.4, 0.5) is 0 Å². The van der Waals surface area contributed by atoms with Crippen molar-refractivity contribution in [1.82, 2.24) is 0 Å². The molecule has 1 aliphatic carbocycles. The number of carbonyl (C=O) groups is 1. The van der Waals surface area contributed by atoms with Crippen LogP contribution in [0.25, 0.3) is 40.2 Å². The number of ether oxygens (including phenoxy) is 1. The summed E-state index contributed by atoms with van der Waals surface area (Å²) in [5.41, 5.74) is 6.33. The fraction of sp³-hybridized carbons (Fsp3) is 0.0476. The van der Waals surface area contributed by atoms with Gasteiger partial charge in [-0.15, -0.1) is 0 Å². The highest BCUT2D eigenvalue weighted by Gasteiger charge is 2.33. The van der Waals surface area contributed by atoms with E-state index in [4.69, 9.17) is 78.8 Å². The van der Waals surface area contributed by atoms with Gasteiger partial charge in [-0.2, -0.15) is 0 Å². The Morgan fingerprint density at radius 3 is 1.73 bits per heavy atom. The Labute approximate surface area is 330 Å². The zero-order chi connectivity index (χ0) is 36.8. The molecule has 0 fully saturated rings. The summed E-state index contributed by atoms with van der Waals surface area (Å²) in [6, 6.07) is 25.7. The Morgan fingerprint density at radius 1 is 0.635 bits per heavy atom. The van der Waals surface area contributed by atoms with E-state index in [0.29, 0.717) is 45.3 Å². The van der Waals surface area contributed by atoms with Gasteiger partial charge in [0.05, 0.1) is 64.5 Å². The van der Waals surface area contributed by atoms with E-state index in [1.54, 1.807) is 48.6 Å². The molecule has 2 heterocycles. The summed E-state index contributed by atoms with van der Waals surface area (Å²) in [6.07, 6.45) is 6.80. The molecule has 1 N–H and O–H groups in total. The highest BCUT2D eigenvalue weighted by atomic mass is 35.5. The Balaban J connectivity index is 1.32. The monoisotopic (exact) mass is 803 g/mol. The van der Waals surface area contributed by atoms with Gasteiger partial charge in [0.2, 0.25) is 5.78 Å². The van der Waals surface area contributed by atoms with E-state index >= 15 is 0 Å². The number of aliphatic hydroxyl groups is 1. The van der Waals surface area contributed by atoms with Crippen LogP contribution in [-0.4, -0.2) is 10.9 Å². The van der Waals surface area contributed by atoms with Gasteiger partial charge in [0.25, 0.3) is 0 Å². The summed E-state index contributed by atoms with van der Waals surface area (Å²) >= 11 is 37.9. The maximum absolute atomic E-state index is 13.7.